The number of hydrogen-bond donors (Lipinski definition) is 0. The summed E-state index contributed by atoms with van der Waals surface area (Å²) in [5, 5.41) is 0. The minimum atomic E-state index is 0.999. The molecule has 2 heteroatoms. The Morgan fingerprint density at radius 2 is 0.925 bits per heavy atom. The van der Waals surface area contributed by atoms with Crippen LogP contribution in [0.4, 0.5) is 0 Å². The first-order valence-corrected chi connectivity index (χ1v) is 18.0. The maximum atomic E-state index is 2.57. The fourth-order valence-corrected chi connectivity index (χ4v) is 6.16. The molecule has 1 heterocycles. The summed E-state index contributed by atoms with van der Waals surface area (Å²) < 4.78 is 5.09. The average molecular weight is 552 g/mol. The second kappa shape index (κ2) is 25.2. The van der Waals surface area contributed by atoms with E-state index in [4.69, 9.17) is 0 Å². The molecule has 0 bridgehead atoms. The van der Waals surface area contributed by atoms with Crippen LogP contribution in [0.15, 0.2) is 42.7 Å². The summed E-state index contributed by atoms with van der Waals surface area (Å²) in [4.78, 5) is 0. The number of unbranched alkanes of at least 4 members (excludes halogenated alkanes) is 22. The zero-order valence-electron chi connectivity index (χ0n) is 27.0. The van der Waals surface area contributed by atoms with Crippen molar-refractivity contribution in [2.45, 2.75) is 187 Å². The second-order valence-electron chi connectivity index (χ2n) is 12.5. The standard InChI is InChI=1S/C38H67N2/c1-3-5-7-9-11-12-13-14-15-16-17-18-19-20-21-23-28-32-38-39(33-29-24-22-10-8-6-4-2)34-35-40(38)36-37-30-26-25-27-31-37/h25-27,30-31,34-35H,3-24,28-29,32-33,36H2,1-2H3/q+1. The summed E-state index contributed by atoms with van der Waals surface area (Å²) in [5.74, 6) is 1.54. The van der Waals surface area contributed by atoms with Gasteiger partial charge >= 0.3 is 0 Å². The summed E-state index contributed by atoms with van der Waals surface area (Å²) in [6.07, 6.45) is 40.0. The topological polar surface area (TPSA) is 8.81 Å². The van der Waals surface area contributed by atoms with Crippen molar-refractivity contribution in [3.63, 3.8) is 0 Å². The molecule has 228 valence electrons. The smallest absolute Gasteiger partial charge is 0.234 e. The largest absolute Gasteiger partial charge is 0.256 e. The van der Waals surface area contributed by atoms with E-state index in [1.807, 2.05) is 0 Å². The third-order valence-corrected chi connectivity index (χ3v) is 8.79. The lowest BCUT2D eigenvalue weighted by molar-refractivity contribution is -0.704. The Balaban J connectivity index is 1.57. The Bertz CT molecular complexity index is 793. The van der Waals surface area contributed by atoms with Gasteiger partial charge in [-0.15, -0.1) is 0 Å². The van der Waals surface area contributed by atoms with Crippen molar-refractivity contribution in [3.8, 4) is 0 Å². The molecule has 0 unspecified atom stereocenters. The molecule has 0 atom stereocenters. The fraction of sp³-hybridized carbons (Fsp3) is 0.763. The maximum absolute atomic E-state index is 2.57. The van der Waals surface area contributed by atoms with E-state index in [1.54, 1.807) is 0 Å². The first-order valence-electron chi connectivity index (χ1n) is 18.0. The summed E-state index contributed by atoms with van der Waals surface area (Å²) >= 11 is 0. The Labute approximate surface area is 250 Å². The molecule has 0 amide bonds. The van der Waals surface area contributed by atoms with Gasteiger partial charge in [0.15, 0.2) is 0 Å². The molecule has 0 aliphatic rings. The van der Waals surface area contributed by atoms with Crippen molar-refractivity contribution in [3.05, 3.63) is 54.1 Å². The van der Waals surface area contributed by atoms with E-state index in [2.05, 4.69) is 65.7 Å². The van der Waals surface area contributed by atoms with Crippen LogP contribution < -0.4 is 4.57 Å². The molecule has 1 aromatic heterocycles. The van der Waals surface area contributed by atoms with Gasteiger partial charge in [-0.3, -0.25) is 0 Å². The van der Waals surface area contributed by atoms with Crippen molar-refractivity contribution in [1.29, 1.82) is 0 Å². The first kappa shape index (κ1) is 34.6. The molecule has 0 fully saturated rings. The number of imidazole rings is 1. The van der Waals surface area contributed by atoms with Crippen molar-refractivity contribution in [2.24, 2.45) is 0 Å². The Hall–Kier alpha value is -1.57. The number of benzene rings is 1. The van der Waals surface area contributed by atoms with Crippen molar-refractivity contribution >= 4 is 0 Å². The Kier molecular flexibility index (Phi) is 21.8. The summed E-state index contributed by atoms with van der Waals surface area (Å²) in [7, 11) is 0. The molecular weight excluding hydrogens is 484 g/mol. The van der Waals surface area contributed by atoms with Crippen LogP contribution >= 0.6 is 0 Å². The number of rotatable bonds is 28. The number of aromatic nitrogens is 2. The number of aryl methyl sites for hydroxylation is 1. The van der Waals surface area contributed by atoms with E-state index in [1.165, 1.54) is 178 Å². The predicted octanol–water partition coefficient (Wildman–Crippen LogP) is 11.8. The van der Waals surface area contributed by atoms with Gasteiger partial charge in [0.2, 0.25) is 0 Å². The SMILES string of the molecule is CCCCCCCCCCCCCCCCCCCc1n(Cc2ccccc2)cc[n+]1CCCCCCCCC. The van der Waals surface area contributed by atoms with Crippen LogP contribution in [0.1, 0.15) is 179 Å². The van der Waals surface area contributed by atoms with Crippen LogP contribution in [0.25, 0.3) is 0 Å². The van der Waals surface area contributed by atoms with Gasteiger partial charge in [0, 0.05) is 6.42 Å². The monoisotopic (exact) mass is 552 g/mol. The van der Waals surface area contributed by atoms with Crippen LogP contribution in [0.5, 0.6) is 0 Å². The molecule has 2 nitrogen and oxygen atoms in total. The molecule has 0 spiro atoms. The van der Waals surface area contributed by atoms with Crippen molar-refractivity contribution in [2.75, 3.05) is 0 Å². The molecule has 0 aliphatic heterocycles. The molecule has 0 saturated heterocycles. The second-order valence-corrected chi connectivity index (χ2v) is 12.5. The third kappa shape index (κ3) is 17.3. The zero-order chi connectivity index (χ0) is 28.4. The highest BCUT2D eigenvalue weighted by atomic mass is 15.1. The quantitative estimate of drug-likeness (QED) is 0.0734. The molecular formula is C38H67N2+. The number of hydrogen-bond acceptors (Lipinski definition) is 0. The summed E-state index contributed by atoms with van der Waals surface area (Å²) in [6, 6.07) is 11.0. The highest BCUT2D eigenvalue weighted by Crippen LogP contribution is 2.15. The maximum Gasteiger partial charge on any atom is 0.256 e. The fourth-order valence-electron chi connectivity index (χ4n) is 6.16. The molecule has 0 N–H and O–H groups in total. The molecule has 2 rings (SSSR count). The van der Waals surface area contributed by atoms with E-state index in [0.29, 0.717) is 0 Å². The first-order chi connectivity index (χ1) is 19.8. The molecule has 1 aromatic carbocycles. The summed E-state index contributed by atoms with van der Waals surface area (Å²) in [5.41, 5.74) is 1.41. The van der Waals surface area contributed by atoms with Crippen LogP contribution in [-0.2, 0) is 19.5 Å². The Morgan fingerprint density at radius 1 is 0.500 bits per heavy atom. The minimum Gasteiger partial charge on any atom is -0.234 e. The summed E-state index contributed by atoms with van der Waals surface area (Å²) in [6.45, 7) is 6.79. The molecule has 2 aromatic rings. The van der Waals surface area contributed by atoms with E-state index >= 15 is 0 Å². The van der Waals surface area contributed by atoms with E-state index < -0.39 is 0 Å². The van der Waals surface area contributed by atoms with Crippen LogP contribution in [-0.4, -0.2) is 4.57 Å². The highest BCUT2D eigenvalue weighted by Gasteiger charge is 2.17. The lowest BCUT2D eigenvalue weighted by atomic mass is 10.0. The van der Waals surface area contributed by atoms with Gasteiger partial charge in [0.25, 0.3) is 5.82 Å². The Morgan fingerprint density at radius 3 is 1.40 bits per heavy atom. The van der Waals surface area contributed by atoms with Crippen molar-refractivity contribution in [1.82, 2.24) is 4.57 Å². The highest BCUT2D eigenvalue weighted by molar-refractivity contribution is 5.15. The normalized spacial score (nSPS) is 11.4. The van der Waals surface area contributed by atoms with Gasteiger partial charge in [-0.1, -0.05) is 179 Å². The molecule has 0 radical (unpaired) electrons. The van der Waals surface area contributed by atoms with Gasteiger partial charge in [-0.25, -0.2) is 9.13 Å². The van der Waals surface area contributed by atoms with Gasteiger partial charge < -0.3 is 0 Å². The van der Waals surface area contributed by atoms with Crippen LogP contribution in [0, 0.1) is 0 Å². The van der Waals surface area contributed by atoms with Gasteiger partial charge in [-0.2, -0.15) is 0 Å². The van der Waals surface area contributed by atoms with Gasteiger partial charge in [0.05, 0.1) is 6.54 Å². The van der Waals surface area contributed by atoms with E-state index in [-0.39, 0.29) is 0 Å². The average Bonchev–Trinajstić information content (AvgIpc) is 3.35. The van der Waals surface area contributed by atoms with Crippen molar-refractivity contribution < 1.29 is 4.57 Å². The zero-order valence-corrected chi connectivity index (χ0v) is 27.0. The minimum absolute atomic E-state index is 0.999. The molecule has 40 heavy (non-hydrogen) atoms. The van der Waals surface area contributed by atoms with E-state index in [0.717, 1.165) is 6.54 Å². The molecule has 0 aliphatic carbocycles. The van der Waals surface area contributed by atoms with Crippen LogP contribution in [0.2, 0.25) is 0 Å². The molecule has 0 saturated carbocycles. The lowest BCUT2D eigenvalue weighted by Gasteiger charge is -2.07. The number of nitrogens with zero attached hydrogens (tertiary/aromatic N) is 2. The lowest BCUT2D eigenvalue weighted by Crippen LogP contribution is -2.37. The third-order valence-electron chi connectivity index (χ3n) is 8.79. The van der Waals surface area contributed by atoms with Crippen LogP contribution in [0.3, 0.4) is 0 Å². The van der Waals surface area contributed by atoms with Gasteiger partial charge in [0.1, 0.15) is 18.9 Å². The predicted molar refractivity (Wildman–Crippen MR) is 176 cm³/mol. The van der Waals surface area contributed by atoms with Gasteiger partial charge in [-0.05, 0) is 24.8 Å². The van der Waals surface area contributed by atoms with E-state index in [9.17, 15) is 0 Å².